The number of benzene rings is 1. The van der Waals surface area contributed by atoms with E-state index in [2.05, 4.69) is 0 Å². The van der Waals surface area contributed by atoms with Gasteiger partial charge in [0.05, 0.1) is 11.1 Å². The van der Waals surface area contributed by atoms with E-state index in [0.717, 1.165) is 6.07 Å². The van der Waals surface area contributed by atoms with Gasteiger partial charge in [-0.25, -0.2) is 4.39 Å². The largest absolute Gasteiger partial charge is 0.320 e. The van der Waals surface area contributed by atoms with Crippen LogP contribution in [0.15, 0.2) is 18.2 Å². The third-order valence-corrected chi connectivity index (χ3v) is 2.34. The van der Waals surface area contributed by atoms with Crippen molar-refractivity contribution in [1.29, 1.82) is 0 Å². The van der Waals surface area contributed by atoms with E-state index in [9.17, 15) is 13.2 Å². The third kappa shape index (κ3) is 3.22. The summed E-state index contributed by atoms with van der Waals surface area (Å²) in [6.45, 7) is 7.79. The molecule has 0 radical (unpaired) electrons. The van der Waals surface area contributed by atoms with Crippen molar-refractivity contribution in [3.8, 4) is 0 Å². The SMILES string of the molecule is CC.Cc1cccc(C(F)(F)C(C)(C)N)c1F. The Morgan fingerprint density at radius 3 is 2.00 bits per heavy atom. The van der Waals surface area contributed by atoms with Gasteiger partial charge in [-0.3, -0.25) is 0 Å². The maximum Gasteiger partial charge on any atom is 0.293 e. The molecule has 0 saturated heterocycles. The quantitative estimate of drug-likeness (QED) is 0.840. The van der Waals surface area contributed by atoms with E-state index in [1.165, 1.54) is 32.9 Å². The third-order valence-electron chi connectivity index (χ3n) is 2.34. The molecular formula is C13H20F3N. The molecule has 0 atom stereocenters. The highest BCUT2D eigenvalue weighted by atomic mass is 19.3. The molecule has 1 aromatic rings. The van der Waals surface area contributed by atoms with E-state index in [-0.39, 0.29) is 5.56 Å². The van der Waals surface area contributed by atoms with Crippen molar-refractivity contribution < 1.29 is 13.2 Å². The second-order valence-corrected chi connectivity index (χ2v) is 4.23. The van der Waals surface area contributed by atoms with Gasteiger partial charge in [-0.1, -0.05) is 26.0 Å². The summed E-state index contributed by atoms with van der Waals surface area (Å²) in [5.74, 6) is -4.27. The average Bonchev–Trinajstić information content (AvgIpc) is 2.23. The number of hydrogen-bond acceptors (Lipinski definition) is 1. The Morgan fingerprint density at radius 2 is 1.59 bits per heavy atom. The van der Waals surface area contributed by atoms with Gasteiger partial charge in [0.25, 0.3) is 5.92 Å². The Hall–Kier alpha value is -1.03. The van der Waals surface area contributed by atoms with Gasteiger partial charge in [-0.2, -0.15) is 8.78 Å². The highest BCUT2D eigenvalue weighted by molar-refractivity contribution is 5.30. The van der Waals surface area contributed by atoms with Crippen LogP contribution in [0.2, 0.25) is 0 Å². The van der Waals surface area contributed by atoms with Crippen LogP contribution in [0.4, 0.5) is 13.2 Å². The van der Waals surface area contributed by atoms with E-state index in [4.69, 9.17) is 5.73 Å². The van der Waals surface area contributed by atoms with Crippen LogP contribution in [0.25, 0.3) is 0 Å². The van der Waals surface area contributed by atoms with Crippen LogP contribution in [-0.4, -0.2) is 5.54 Å². The zero-order valence-corrected chi connectivity index (χ0v) is 10.9. The van der Waals surface area contributed by atoms with Gasteiger partial charge < -0.3 is 5.73 Å². The molecule has 0 saturated carbocycles. The predicted molar refractivity (Wildman–Crippen MR) is 64.6 cm³/mol. The minimum absolute atomic E-state index is 0.191. The number of alkyl halides is 2. The van der Waals surface area contributed by atoms with Crippen LogP contribution in [0.1, 0.15) is 38.8 Å². The number of rotatable bonds is 2. The molecule has 0 unspecified atom stereocenters. The van der Waals surface area contributed by atoms with E-state index >= 15 is 0 Å². The van der Waals surface area contributed by atoms with E-state index in [1.54, 1.807) is 0 Å². The fourth-order valence-electron chi connectivity index (χ4n) is 1.24. The first-order chi connectivity index (χ1) is 7.68. The first-order valence-corrected chi connectivity index (χ1v) is 5.60. The molecule has 0 aliphatic carbocycles. The summed E-state index contributed by atoms with van der Waals surface area (Å²) in [5, 5.41) is 0. The first kappa shape index (κ1) is 16.0. The molecule has 0 aliphatic heterocycles. The first-order valence-electron chi connectivity index (χ1n) is 5.60. The molecule has 4 heteroatoms. The van der Waals surface area contributed by atoms with Crippen LogP contribution in [-0.2, 0) is 5.92 Å². The highest BCUT2D eigenvalue weighted by Crippen LogP contribution is 2.38. The molecule has 0 heterocycles. The minimum Gasteiger partial charge on any atom is -0.320 e. The Labute approximate surface area is 101 Å². The number of hydrogen-bond donors (Lipinski definition) is 1. The molecule has 0 amide bonds. The molecule has 1 rings (SSSR count). The van der Waals surface area contributed by atoms with Gasteiger partial charge >= 0.3 is 0 Å². The smallest absolute Gasteiger partial charge is 0.293 e. The minimum atomic E-state index is -3.39. The number of nitrogens with two attached hydrogens (primary N) is 1. The van der Waals surface area contributed by atoms with Crippen molar-refractivity contribution >= 4 is 0 Å². The highest BCUT2D eigenvalue weighted by Gasteiger charge is 2.47. The molecule has 17 heavy (non-hydrogen) atoms. The summed E-state index contributed by atoms with van der Waals surface area (Å²) in [4.78, 5) is 0. The van der Waals surface area contributed by atoms with Crippen molar-refractivity contribution in [2.45, 2.75) is 46.1 Å². The van der Waals surface area contributed by atoms with Crippen molar-refractivity contribution in [1.82, 2.24) is 0 Å². The Balaban J connectivity index is 0.00000121. The molecular weight excluding hydrogens is 227 g/mol. The van der Waals surface area contributed by atoms with E-state index in [1.807, 2.05) is 13.8 Å². The summed E-state index contributed by atoms with van der Waals surface area (Å²) in [6, 6.07) is 3.91. The molecule has 0 bridgehead atoms. The monoisotopic (exact) mass is 247 g/mol. The normalized spacial score (nSPS) is 11.8. The molecule has 0 aromatic heterocycles. The van der Waals surface area contributed by atoms with Gasteiger partial charge in [0.15, 0.2) is 0 Å². The molecule has 1 aromatic carbocycles. The lowest BCUT2D eigenvalue weighted by molar-refractivity contribution is -0.0701. The second-order valence-electron chi connectivity index (χ2n) is 4.23. The lowest BCUT2D eigenvalue weighted by Gasteiger charge is -2.30. The Kier molecular flexibility index (Phi) is 5.20. The Morgan fingerprint density at radius 1 is 1.12 bits per heavy atom. The van der Waals surface area contributed by atoms with Gasteiger partial charge in [-0.05, 0) is 32.4 Å². The van der Waals surface area contributed by atoms with Gasteiger partial charge in [0.2, 0.25) is 0 Å². The summed E-state index contributed by atoms with van der Waals surface area (Å²) in [6.07, 6.45) is 0. The zero-order chi connectivity index (χ0) is 13.9. The zero-order valence-electron chi connectivity index (χ0n) is 10.9. The lowest BCUT2D eigenvalue weighted by atomic mass is 9.90. The van der Waals surface area contributed by atoms with Gasteiger partial charge in [0.1, 0.15) is 5.82 Å². The van der Waals surface area contributed by atoms with E-state index < -0.39 is 22.8 Å². The van der Waals surface area contributed by atoms with Gasteiger partial charge in [-0.15, -0.1) is 0 Å². The number of halogens is 3. The standard InChI is InChI=1S/C11H14F3N.C2H6/c1-7-5-4-6-8(9(7)12)11(13,14)10(2,3)15;1-2/h4-6H,15H2,1-3H3;1-2H3. The predicted octanol–water partition coefficient (Wildman–Crippen LogP) is 3.99. The summed E-state index contributed by atoms with van der Waals surface area (Å²) in [5.41, 5.74) is 3.11. The molecule has 0 fully saturated rings. The molecule has 0 spiro atoms. The molecule has 1 nitrogen and oxygen atoms in total. The van der Waals surface area contributed by atoms with E-state index in [0.29, 0.717) is 0 Å². The fraction of sp³-hybridized carbons (Fsp3) is 0.538. The van der Waals surface area contributed by atoms with Crippen molar-refractivity contribution in [2.24, 2.45) is 5.73 Å². The molecule has 98 valence electrons. The fourth-order valence-corrected chi connectivity index (χ4v) is 1.24. The summed E-state index contributed by atoms with van der Waals surface area (Å²) in [7, 11) is 0. The summed E-state index contributed by atoms with van der Waals surface area (Å²) < 4.78 is 41.0. The topological polar surface area (TPSA) is 26.0 Å². The van der Waals surface area contributed by atoms with Crippen LogP contribution in [0.5, 0.6) is 0 Å². The van der Waals surface area contributed by atoms with Crippen molar-refractivity contribution in [2.75, 3.05) is 0 Å². The number of aryl methyl sites for hydroxylation is 1. The van der Waals surface area contributed by atoms with Crippen LogP contribution in [0.3, 0.4) is 0 Å². The summed E-state index contributed by atoms with van der Waals surface area (Å²) >= 11 is 0. The molecule has 0 aliphatic rings. The Bertz CT molecular complexity index is 367. The van der Waals surface area contributed by atoms with Crippen molar-refractivity contribution in [3.05, 3.63) is 35.1 Å². The molecule has 2 N–H and O–H groups in total. The van der Waals surface area contributed by atoms with Crippen molar-refractivity contribution in [3.63, 3.8) is 0 Å². The maximum atomic E-state index is 13.7. The average molecular weight is 247 g/mol. The van der Waals surface area contributed by atoms with Crippen LogP contribution >= 0.6 is 0 Å². The lowest BCUT2D eigenvalue weighted by Crippen LogP contribution is -2.49. The second kappa shape index (κ2) is 5.54. The van der Waals surface area contributed by atoms with Gasteiger partial charge in [0, 0.05) is 0 Å². The van der Waals surface area contributed by atoms with Crippen LogP contribution in [0, 0.1) is 12.7 Å². The van der Waals surface area contributed by atoms with Crippen LogP contribution < -0.4 is 5.73 Å². The maximum absolute atomic E-state index is 13.7.